The third kappa shape index (κ3) is 68.2. The molecule has 0 amide bonds. The molecule has 2 unspecified atom stereocenters. The summed E-state index contributed by atoms with van der Waals surface area (Å²) in [6.45, 7) is 3.67. The van der Waals surface area contributed by atoms with Crippen molar-refractivity contribution in [1.29, 1.82) is 0 Å². The number of hydrogen-bond acceptors (Lipinski definition) is 8. The zero-order chi connectivity index (χ0) is 60.1. The smallest absolute Gasteiger partial charge is 0.462 e. The number of ether oxygens (including phenoxy) is 2. The van der Waals surface area contributed by atoms with Gasteiger partial charge in [0.05, 0.1) is 13.2 Å². The van der Waals surface area contributed by atoms with Crippen LogP contribution in [-0.2, 0) is 32.7 Å². The van der Waals surface area contributed by atoms with Crippen LogP contribution in [0.2, 0.25) is 0 Å². The Morgan fingerprint density at radius 1 is 0.373 bits per heavy atom. The van der Waals surface area contributed by atoms with Crippen LogP contribution in [0.25, 0.3) is 0 Å². The highest BCUT2D eigenvalue weighted by atomic mass is 31.2. The van der Waals surface area contributed by atoms with Crippen molar-refractivity contribution in [2.45, 2.75) is 341 Å². The van der Waals surface area contributed by atoms with Gasteiger partial charge in [0.2, 0.25) is 0 Å². The van der Waals surface area contributed by atoms with Gasteiger partial charge in [0.1, 0.15) is 6.61 Å². The molecular weight excluding hydrogens is 1050 g/mol. The van der Waals surface area contributed by atoms with Crippen molar-refractivity contribution in [2.75, 3.05) is 26.4 Å². The minimum Gasteiger partial charge on any atom is -0.462 e. The van der Waals surface area contributed by atoms with Crippen LogP contribution in [0.1, 0.15) is 335 Å². The van der Waals surface area contributed by atoms with Gasteiger partial charge in [0, 0.05) is 19.4 Å². The fourth-order valence-electron chi connectivity index (χ4n) is 10.1. The van der Waals surface area contributed by atoms with Crippen LogP contribution in [-0.4, -0.2) is 49.3 Å². The Balaban J connectivity index is 3.80. The van der Waals surface area contributed by atoms with Crippen molar-refractivity contribution in [3.8, 4) is 0 Å². The third-order valence-electron chi connectivity index (χ3n) is 15.3. The second-order valence-electron chi connectivity index (χ2n) is 23.4. The fraction of sp³-hybridized carbons (Fsp3) is 0.781. The van der Waals surface area contributed by atoms with Crippen molar-refractivity contribution in [1.82, 2.24) is 0 Å². The zero-order valence-electron chi connectivity index (χ0n) is 54.2. The summed E-state index contributed by atoms with van der Waals surface area (Å²) < 4.78 is 33.2. The van der Waals surface area contributed by atoms with E-state index < -0.39 is 26.5 Å². The Kier molecular flexibility index (Phi) is 66.0. The lowest BCUT2D eigenvalue weighted by Gasteiger charge is -2.19. The number of nitrogens with two attached hydrogens (primary N) is 1. The molecule has 9 nitrogen and oxygen atoms in total. The average Bonchev–Trinajstić information content (AvgIpc) is 3.49. The number of phosphoric ester groups is 1. The zero-order valence-corrected chi connectivity index (χ0v) is 55.1. The van der Waals surface area contributed by atoms with Gasteiger partial charge < -0.3 is 20.1 Å². The van der Waals surface area contributed by atoms with E-state index >= 15 is 0 Å². The second-order valence-corrected chi connectivity index (χ2v) is 24.8. The molecule has 0 aliphatic heterocycles. The molecule has 0 saturated carbocycles. The van der Waals surface area contributed by atoms with E-state index in [1.165, 1.54) is 231 Å². The molecule has 0 radical (unpaired) electrons. The summed E-state index contributed by atoms with van der Waals surface area (Å²) in [6, 6.07) is 0. The van der Waals surface area contributed by atoms with E-state index in [1.807, 2.05) is 0 Å². The molecule has 2 atom stereocenters. The molecule has 482 valence electrons. The minimum absolute atomic E-state index is 0.0533. The normalized spacial score (nSPS) is 13.4. The lowest BCUT2D eigenvalue weighted by atomic mass is 10.0. The molecule has 3 N–H and O–H groups in total. The van der Waals surface area contributed by atoms with Crippen LogP contribution in [0.4, 0.5) is 0 Å². The van der Waals surface area contributed by atoms with Crippen molar-refractivity contribution in [3.63, 3.8) is 0 Å². The number of carbonyl (C=O) groups excluding carboxylic acids is 2. The molecule has 0 aromatic rings. The highest BCUT2D eigenvalue weighted by molar-refractivity contribution is 7.47. The Bertz CT molecular complexity index is 1640. The maximum Gasteiger partial charge on any atom is 0.472 e. The molecule has 0 aliphatic rings. The Labute approximate surface area is 513 Å². The summed E-state index contributed by atoms with van der Waals surface area (Å²) in [5.74, 6) is -0.815. The van der Waals surface area contributed by atoms with E-state index in [2.05, 4.69) is 98.9 Å². The number of phosphoric acid groups is 1. The van der Waals surface area contributed by atoms with Gasteiger partial charge in [-0.05, 0) is 89.9 Å². The number of hydrogen-bond donors (Lipinski definition) is 2. The highest BCUT2D eigenvalue weighted by Crippen LogP contribution is 2.43. The molecule has 0 aliphatic carbocycles. The van der Waals surface area contributed by atoms with Gasteiger partial charge in [-0.25, -0.2) is 4.57 Å². The van der Waals surface area contributed by atoms with E-state index in [4.69, 9.17) is 24.3 Å². The maximum atomic E-state index is 12.8. The lowest BCUT2D eigenvalue weighted by molar-refractivity contribution is -0.161. The molecule has 0 aromatic carbocycles. The molecule has 0 bridgehead atoms. The summed E-state index contributed by atoms with van der Waals surface area (Å²) >= 11 is 0. The van der Waals surface area contributed by atoms with Crippen molar-refractivity contribution < 1.29 is 37.6 Å². The lowest BCUT2D eigenvalue weighted by Crippen LogP contribution is -2.29. The molecular formula is C73H132NO8P. The van der Waals surface area contributed by atoms with Gasteiger partial charge in [-0.1, -0.05) is 317 Å². The highest BCUT2D eigenvalue weighted by Gasteiger charge is 2.26. The van der Waals surface area contributed by atoms with Crippen LogP contribution < -0.4 is 5.73 Å². The van der Waals surface area contributed by atoms with E-state index in [-0.39, 0.29) is 38.6 Å². The molecule has 0 fully saturated rings. The molecule has 0 spiro atoms. The third-order valence-corrected chi connectivity index (χ3v) is 16.2. The predicted molar refractivity (Wildman–Crippen MR) is 358 cm³/mol. The summed E-state index contributed by atoms with van der Waals surface area (Å²) in [5.41, 5.74) is 5.40. The summed E-state index contributed by atoms with van der Waals surface area (Å²) in [7, 11) is -4.39. The molecule has 0 rings (SSSR count). The quantitative estimate of drug-likeness (QED) is 0.0264. The van der Waals surface area contributed by atoms with Crippen molar-refractivity contribution >= 4 is 19.8 Å². The summed E-state index contributed by atoms with van der Waals surface area (Å²) in [5, 5.41) is 0. The van der Waals surface area contributed by atoms with E-state index in [0.717, 1.165) is 70.6 Å². The van der Waals surface area contributed by atoms with Gasteiger partial charge in [-0.3, -0.25) is 18.6 Å². The maximum absolute atomic E-state index is 12.8. The predicted octanol–water partition coefficient (Wildman–Crippen LogP) is 23.0. The Hall–Kier alpha value is -2.81. The molecule has 0 saturated heterocycles. The number of unbranched alkanes of at least 4 members (excludes halogenated alkanes) is 39. The van der Waals surface area contributed by atoms with E-state index in [0.29, 0.717) is 6.42 Å². The summed E-state index contributed by atoms with van der Waals surface area (Å²) in [6.07, 6.45) is 91.1. The minimum atomic E-state index is -4.39. The second kappa shape index (κ2) is 68.3. The van der Waals surface area contributed by atoms with Crippen LogP contribution in [0.3, 0.4) is 0 Å². The monoisotopic (exact) mass is 1180 g/mol. The largest absolute Gasteiger partial charge is 0.472 e. The van der Waals surface area contributed by atoms with Crippen LogP contribution >= 0.6 is 7.82 Å². The number of esters is 2. The fourth-order valence-corrected chi connectivity index (χ4v) is 10.9. The van der Waals surface area contributed by atoms with Crippen LogP contribution in [0.15, 0.2) is 85.1 Å². The van der Waals surface area contributed by atoms with Gasteiger partial charge in [0.15, 0.2) is 6.10 Å². The number of allylic oxidation sites excluding steroid dienone is 14. The van der Waals surface area contributed by atoms with Crippen molar-refractivity contribution in [2.24, 2.45) is 5.73 Å². The first kappa shape index (κ1) is 80.2. The average molecular weight is 1180 g/mol. The Morgan fingerprint density at radius 3 is 1.00 bits per heavy atom. The van der Waals surface area contributed by atoms with Gasteiger partial charge in [-0.2, -0.15) is 0 Å². The van der Waals surface area contributed by atoms with Crippen LogP contribution in [0.5, 0.6) is 0 Å². The number of rotatable bonds is 66. The van der Waals surface area contributed by atoms with Crippen molar-refractivity contribution in [3.05, 3.63) is 85.1 Å². The SMILES string of the molecule is CC/C=C\C/C=C\C/C=C\C/C=C\C/C=C\C/C=C\CCCCCCCCCCCCCCCCCCCCCCCCC(=O)OC(COC(=O)CCCCCCCCCCC/C=C\CCCCCCCCCC)COP(=O)(O)OCCN. The Morgan fingerprint density at radius 2 is 0.663 bits per heavy atom. The molecule has 0 aromatic heterocycles. The first-order chi connectivity index (χ1) is 40.8. The number of carbonyl (C=O) groups is 2. The van der Waals surface area contributed by atoms with E-state index in [1.54, 1.807) is 0 Å². The first-order valence-corrected chi connectivity index (χ1v) is 36.6. The standard InChI is InChI=1S/C73H132NO8P/c1-3-5-7-9-11-13-15-17-19-21-23-25-26-27-28-29-30-31-32-33-34-35-36-37-38-39-40-41-42-43-44-46-48-50-52-54-56-58-60-62-64-66-73(76)82-71(70-81-83(77,78)80-68-67-74)69-79-72(75)65-63-61-59-57-55-53-51-49-47-45-24-22-20-18-16-14-12-10-8-6-4-2/h5,7,11,13,17,19,22-25,27-28,30-31,71H,3-4,6,8-10,12,14-16,18,20-21,26,29,32-70,74H2,1-2H3,(H,77,78)/b7-5-,13-11-,19-17-,24-22-,25-23-,28-27-,31-30-. The first-order valence-electron chi connectivity index (χ1n) is 35.1. The molecule has 0 heterocycles. The van der Waals surface area contributed by atoms with Gasteiger partial charge in [-0.15, -0.1) is 0 Å². The topological polar surface area (TPSA) is 134 Å². The molecule has 83 heavy (non-hydrogen) atoms. The summed E-state index contributed by atoms with van der Waals surface area (Å²) in [4.78, 5) is 35.3. The van der Waals surface area contributed by atoms with E-state index in [9.17, 15) is 19.0 Å². The molecule has 10 heteroatoms. The van der Waals surface area contributed by atoms with Gasteiger partial charge >= 0.3 is 19.8 Å². The van der Waals surface area contributed by atoms with Crippen LogP contribution in [0, 0.1) is 0 Å². The van der Waals surface area contributed by atoms with Gasteiger partial charge in [0.25, 0.3) is 0 Å².